The fraction of sp³-hybridized carbons (Fsp3) is 0.280. The highest BCUT2D eigenvalue weighted by atomic mass is 19.2. The topological polar surface area (TPSA) is 102 Å². The number of halogens is 5. The summed E-state index contributed by atoms with van der Waals surface area (Å²) in [6, 6.07) is 5.50. The van der Waals surface area contributed by atoms with Gasteiger partial charge < -0.3 is 9.47 Å². The van der Waals surface area contributed by atoms with E-state index in [1.54, 1.807) is 13.2 Å². The van der Waals surface area contributed by atoms with Gasteiger partial charge in [-0.05, 0) is 39.3 Å². The van der Waals surface area contributed by atoms with Crippen LogP contribution in [0.15, 0.2) is 36.8 Å². The van der Waals surface area contributed by atoms with Crippen molar-refractivity contribution in [1.82, 2.24) is 20.8 Å². The van der Waals surface area contributed by atoms with Crippen LogP contribution in [-0.2, 0) is 6.42 Å². The van der Waals surface area contributed by atoms with Gasteiger partial charge in [0.05, 0.1) is 13.3 Å². The average molecular weight is 540 g/mol. The molecule has 1 aromatic heterocycles. The van der Waals surface area contributed by atoms with E-state index in [2.05, 4.69) is 25.6 Å². The highest BCUT2D eigenvalue weighted by Crippen LogP contribution is 2.29. The molecule has 0 spiro atoms. The molecule has 2 N–H and O–H groups in total. The number of aromatic nitrogens is 2. The zero-order chi connectivity index (χ0) is 28.6. The fourth-order valence-electron chi connectivity index (χ4n) is 2.87. The summed E-state index contributed by atoms with van der Waals surface area (Å²) in [4.78, 5) is 30.5. The predicted octanol–water partition coefficient (Wildman–Crippen LogP) is 4.68. The van der Waals surface area contributed by atoms with Gasteiger partial charge in [0, 0.05) is 29.1 Å². The first-order valence-electron chi connectivity index (χ1n) is 11.0. The van der Waals surface area contributed by atoms with Crippen molar-refractivity contribution < 1.29 is 41.0 Å². The van der Waals surface area contributed by atoms with Gasteiger partial charge in [-0.15, -0.1) is 0 Å². The second-order valence-corrected chi connectivity index (χ2v) is 8.55. The van der Waals surface area contributed by atoms with Gasteiger partial charge in [0.25, 0.3) is 5.91 Å². The number of carbonyl (C=O) groups excluding carboxylic acids is 2. The average Bonchev–Trinajstić information content (AvgIpc) is 2.91. The summed E-state index contributed by atoms with van der Waals surface area (Å²) in [6.45, 7) is 7.96. The van der Waals surface area contributed by atoms with Crippen LogP contribution in [0.1, 0.15) is 54.1 Å². The zero-order valence-electron chi connectivity index (χ0n) is 21.1. The minimum atomic E-state index is -2.35. The van der Waals surface area contributed by atoms with Crippen LogP contribution in [0, 0.1) is 29.1 Å². The molecule has 0 aliphatic heterocycles. The van der Waals surface area contributed by atoms with Gasteiger partial charge in [-0.3, -0.25) is 15.2 Å². The van der Waals surface area contributed by atoms with Crippen molar-refractivity contribution in [2.45, 2.75) is 39.7 Å². The minimum absolute atomic E-state index is 0.138. The fourth-order valence-corrected chi connectivity index (χ4v) is 2.87. The van der Waals surface area contributed by atoms with Gasteiger partial charge in [-0.1, -0.05) is 13.0 Å². The Morgan fingerprint density at radius 2 is 1.55 bits per heavy atom. The molecule has 0 aliphatic rings. The number of methoxy groups -OCH3 is 1. The Morgan fingerprint density at radius 1 is 0.947 bits per heavy atom. The van der Waals surface area contributed by atoms with Crippen LogP contribution in [0.5, 0.6) is 11.5 Å². The van der Waals surface area contributed by atoms with Crippen LogP contribution in [0.2, 0.25) is 0 Å². The van der Waals surface area contributed by atoms with Crippen molar-refractivity contribution in [2.24, 2.45) is 0 Å². The lowest BCUT2D eigenvalue weighted by molar-refractivity contribution is 0.0709. The first-order chi connectivity index (χ1) is 17.8. The van der Waals surface area contributed by atoms with Crippen LogP contribution in [-0.4, -0.2) is 34.5 Å². The molecule has 0 bridgehead atoms. The van der Waals surface area contributed by atoms with E-state index in [-0.39, 0.29) is 11.4 Å². The lowest BCUT2D eigenvalue weighted by Crippen LogP contribution is -2.48. The van der Waals surface area contributed by atoms with Crippen LogP contribution in [0.25, 0.3) is 0 Å². The number of ether oxygens (including phenoxy) is 2. The molecular formula is C25H25F5N4O4. The van der Waals surface area contributed by atoms with Crippen LogP contribution < -0.4 is 20.3 Å². The maximum atomic E-state index is 13.2. The van der Waals surface area contributed by atoms with E-state index in [4.69, 9.17) is 4.74 Å². The molecule has 8 nitrogen and oxygen atoms in total. The molecule has 0 saturated carbocycles. The number of carbonyl (C=O) groups is 2. The quantitative estimate of drug-likeness (QED) is 0.117. The standard InChI is InChI=1S/C14H22N2O2.C11H3F5N2O2/c1-6-10-11(8-7-9-12(10)18-5)13(17)15-16-14(2,3)4;12-5-6(13)8(15)10(9(16)7(5)14)20-11(19)4-3-17-1-2-18-4/h7-9,16H,6H2,1-5H3,(H,15,17);1-3H. The number of hydrazine groups is 1. The van der Waals surface area contributed by atoms with Crippen molar-refractivity contribution in [3.8, 4) is 11.5 Å². The minimum Gasteiger partial charge on any atom is -0.496 e. The molecule has 1 heterocycles. The van der Waals surface area contributed by atoms with Gasteiger partial charge >= 0.3 is 5.97 Å². The first kappa shape index (κ1) is 30.1. The van der Waals surface area contributed by atoms with Gasteiger partial charge in [-0.2, -0.15) is 8.78 Å². The summed E-state index contributed by atoms with van der Waals surface area (Å²) in [5.41, 5.74) is 6.63. The molecule has 204 valence electrons. The summed E-state index contributed by atoms with van der Waals surface area (Å²) in [6.07, 6.45) is 3.93. The highest BCUT2D eigenvalue weighted by molar-refractivity contribution is 5.96. The Bertz CT molecular complexity index is 1270. The third-order valence-corrected chi connectivity index (χ3v) is 4.64. The zero-order valence-corrected chi connectivity index (χ0v) is 21.1. The SMILES string of the molecule is CCc1c(OC)cccc1C(=O)NNC(C)(C)C.O=C(Oc1c(F)c(F)c(F)c(F)c1F)c1cnccn1. The van der Waals surface area contributed by atoms with E-state index in [1.807, 2.05) is 39.8 Å². The van der Waals surface area contributed by atoms with E-state index >= 15 is 0 Å². The Labute approximate surface area is 215 Å². The maximum absolute atomic E-state index is 13.2. The molecule has 38 heavy (non-hydrogen) atoms. The second-order valence-electron chi connectivity index (χ2n) is 8.55. The van der Waals surface area contributed by atoms with Crippen LogP contribution in [0.4, 0.5) is 22.0 Å². The van der Waals surface area contributed by atoms with Gasteiger partial charge in [0.15, 0.2) is 5.69 Å². The molecule has 3 rings (SSSR count). The molecular weight excluding hydrogens is 515 g/mol. The van der Waals surface area contributed by atoms with Crippen LogP contribution in [0.3, 0.4) is 0 Å². The Balaban J connectivity index is 0.000000269. The molecule has 3 aromatic rings. The van der Waals surface area contributed by atoms with E-state index in [9.17, 15) is 31.5 Å². The number of nitrogens with zero attached hydrogens (tertiary/aromatic N) is 2. The third-order valence-electron chi connectivity index (χ3n) is 4.64. The molecule has 1 amide bonds. The van der Waals surface area contributed by atoms with Gasteiger partial charge in [-0.25, -0.2) is 28.4 Å². The molecule has 13 heteroatoms. The monoisotopic (exact) mass is 540 g/mol. The number of amides is 1. The van der Waals surface area contributed by atoms with Crippen molar-refractivity contribution in [2.75, 3.05) is 7.11 Å². The number of benzene rings is 2. The summed E-state index contributed by atoms with van der Waals surface area (Å²) >= 11 is 0. The molecule has 0 unspecified atom stereocenters. The lowest BCUT2D eigenvalue weighted by Gasteiger charge is -2.21. The largest absolute Gasteiger partial charge is 0.496 e. The molecule has 0 aliphatic carbocycles. The number of rotatable bonds is 6. The number of nitrogens with one attached hydrogen (secondary N) is 2. The lowest BCUT2D eigenvalue weighted by atomic mass is 10.0. The second kappa shape index (κ2) is 12.9. The van der Waals surface area contributed by atoms with Crippen molar-refractivity contribution >= 4 is 11.9 Å². The predicted molar refractivity (Wildman–Crippen MR) is 126 cm³/mol. The Kier molecular flexibility index (Phi) is 10.2. The Morgan fingerprint density at radius 3 is 2.05 bits per heavy atom. The van der Waals surface area contributed by atoms with Crippen molar-refractivity contribution in [3.63, 3.8) is 0 Å². The molecule has 0 atom stereocenters. The van der Waals surface area contributed by atoms with Crippen molar-refractivity contribution in [1.29, 1.82) is 0 Å². The van der Waals surface area contributed by atoms with Gasteiger partial charge in [0.1, 0.15) is 5.75 Å². The molecule has 0 saturated heterocycles. The smallest absolute Gasteiger partial charge is 0.364 e. The summed E-state index contributed by atoms with van der Waals surface area (Å²) in [5.74, 6) is -13.8. The Hall–Kier alpha value is -4.13. The highest BCUT2D eigenvalue weighted by Gasteiger charge is 2.29. The van der Waals surface area contributed by atoms with E-state index in [1.165, 1.54) is 6.20 Å². The van der Waals surface area contributed by atoms with E-state index < -0.39 is 46.5 Å². The number of hydrogen-bond donors (Lipinski definition) is 2. The normalized spacial score (nSPS) is 10.8. The maximum Gasteiger partial charge on any atom is 0.364 e. The first-order valence-corrected chi connectivity index (χ1v) is 11.0. The summed E-state index contributed by atoms with van der Waals surface area (Å²) in [5, 5.41) is 0. The van der Waals surface area contributed by atoms with E-state index in [0.29, 0.717) is 5.56 Å². The van der Waals surface area contributed by atoms with Crippen molar-refractivity contribution in [3.05, 3.63) is 82.7 Å². The summed E-state index contributed by atoms with van der Waals surface area (Å²) in [7, 11) is 1.61. The van der Waals surface area contributed by atoms with Gasteiger partial charge in [0.2, 0.25) is 34.8 Å². The number of hydrogen-bond acceptors (Lipinski definition) is 7. The van der Waals surface area contributed by atoms with E-state index in [0.717, 1.165) is 30.1 Å². The number of esters is 1. The summed E-state index contributed by atoms with van der Waals surface area (Å²) < 4.78 is 74.4. The molecule has 0 radical (unpaired) electrons. The third kappa shape index (κ3) is 7.44. The molecule has 2 aromatic carbocycles. The molecule has 0 fully saturated rings. The van der Waals surface area contributed by atoms with Crippen LogP contribution >= 0.6 is 0 Å².